The van der Waals surface area contributed by atoms with E-state index in [9.17, 15) is 4.79 Å². The highest BCUT2D eigenvalue weighted by molar-refractivity contribution is 7.15. The minimum absolute atomic E-state index is 0.0529. The van der Waals surface area contributed by atoms with Crippen LogP contribution in [-0.2, 0) is 6.42 Å². The Balaban J connectivity index is 1.86. The first-order valence-electron chi connectivity index (χ1n) is 7.37. The van der Waals surface area contributed by atoms with Crippen LogP contribution >= 0.6 is 11.3 Å². The van der Waals surface area contributed by atoms with Crippen LogP contribution in [-0.4, -0.2) is 40.2 Å². The SMILES string of the molecule is CCCc1cnc(NC(=O)N(CCCCO)C2CC2)s1. The van der Waals surface area contributed by atoms with Crippen molar-refractivity contribution in [2.24, 2.45) is 0 Å². The van der Waals surface area contributed by atoms with Gasteiger partial charge in [0.2, 0.25) is 0 Å². The Morgan fingerprint density at radius 1 is 1.55 bits per heavy atom. The molecule has 6 heteroatoms. The fraction of sp³-hybridized carbons (Fsp3) is 0.714. The predicted molar refractivity (Wildman–Crippen MR) is 81.2 cm³/mol. The van der Waals surface area contributed by atoms with E-state index in [0.717, 1.165) is 38.5 Å². The van der Waals surface area contributed by atoms with Gasteiger partial charge in [-0.05, 0) is 32.1 Å². The van der Waals surface area contributed by atoms with Crippen LogP contribution in [0.4, 0.5) is 9.93 Å². The van der Waals surface area contributed by atoms with E-state index >= 15 is 0 Å². The number of amides is 2. The lowest BCUT2D eigenvalue weighted by Crippen LogP contribution is -2.37. The summed E-state index contributed by atoms with van der Waals surface area (Å²) in [5.74, 6) is 0. The normalized spacial score (nSPS) is 14.3. The highest BCUT2D eigenvalue weighted by Crippen LogP contribution is 2.28. The van der Waals surface area contributed by atoms with E-state index in [2.05, 4.69) is 17.2 Å². The van der Waals surface area contributed by atoms with Crippen LogP contribution in [0.3, 0.4) is 0 Å². The summed E-state index contributed by atoms with van der Waals surface area (Å²) in [5, 5.41) is 12.4. The summed E-state index contributed by atoms with van der Waals surface area (Å²) in [6.07, 6.45) is 7.71. The molecule has 0 aliphatic heterocycles. The number of hydrogen-bond donors (Lipinski definition) is 2. The van der Waals surface area contributed by atoms with Gasteiger partial charge in [0.25, 0.3) is 0 Å². The Hall–Kier alpha value is -1.14. The minimum Gasteiger partial charge on any atom is -0.396 e. The van der Waals surface area contributed by atoms with Crippen molar-refractivity contribution in [3.05, 3.63) is 11.1 Å². The van der Waals surface area contributed by atoms with Gasteiger partial charge in [0, 0.05) is 30.3 Å². The molecule has 0 radical (unpaired) electrons. The first-order valence-corrected chi connectivity index (χ1v) is 8.19. The molecule has 5 nitrogen and oxygen atoms in total. The molecule has 2 amide bonds. The average molecular weight is 297 g/mol. The van der Waals surface area contributed by atoms with Gasteiger partial charge in [-0.2, -0.15) is 0 Å². The molecule has 1 aliphatic rings. The Labute approximate surface area is 124 Å². The molecular formula is C14H23N3O2S. The number of unbranched alkanes of at least 4 members (excludes halogenated alkanes) is 1. The molecule has 2 N–H and O–H groups in total. The molecule has 1 aromatic rings. The summed E-state index contributed by atoms with van der Waals surface area (Å²) >= 11 is 1.55. The van der Waals surface area contributed by atoms with E-state index in [-0.39, 0.29) is 12.6 Å². The molecule has 0 aromatic carbocycles. The lowest BCUT2D eigenvalue weighted by molar-refractivity contribution is 0.204. The fourth-order valence-corrected chi connectivity index (χ4v) is 3.02. The third-order valence-electron chi connectivity index (χ3n) is 3.32. The topological polar surface area (TPSA) is 65.5 Å². The zero-order chi connectivity index (χ0) is 14.4. The number of anilines is 1. The number of aliphatic hydroxyl groups is 1. The number of nitrogens with one attached hydrogen (secondary N) is 1. The van der Waals surface area contributed by atoms with Gasteiger partial charge in [-0.15, -0.1) is 11.3 Å². The lowest BCUT2D eigenvalue weighted by Gasteiger charge is -2.21. The summed E-state index contributed by atoms with van der Waals surface area (Å²) in [5.41, 5.74) is 0. The van der Waals surface area contributed by atoms with Gasteiger partial charge in [-0.25, -0.2) is 9.78 Å². The summed E-state index contributed by atoms with van der Waals surface area (Å²) in [7, 11) is 0. The molecule has 20 heavy (non-hydrogen) atoms. The first-order chi connectivity index (χ1) is 9.74. The summed E-state index contributed by atoms with van der Waals surface area (Å²) in [6.45, 7) is 3.03. The van der Waals surface area contributed by atoms with Crippen molar-refractivity contribution < 1.29 is 9.90 Å². The number of aromatic nitrogens is 1. The maximum atomic E-state index is 12.3. The van der Waals surface area contributed by atoms with Crippen molar-refractivity contribution in [1.82, 2.24) is 9.88 Å². The molecule has 2 rings (SSSR count). The van der Waals surface area contributed by atoms with E-state index in [1.807, 2.05) is 11.1 Å². The van der Waals surface area contributed by atoms with Crippen LogP contribution in [0.2, 0.25) is 0 Å². The van der Waals surface area contributed by atoms with Crippen LogP contribution in [0.25, 0.3) is 0 Å². The second-order valence-corrected chi connectivity index (χ2v) is 6.28. The van der Waals surface area contributed by atoms with Crippen LogP contribution in [0.15, 0.2) is 6.20 Å². The van der Waals surface area contributed by atoms with Gasteiger partial charge in [0.05, 0.1) is 0 Å². The molecule has 0 unspecified atom stereocenters. The van der Waals surface area contributed by atoms with E-state index in [1.165, 1.54) is 4.88 Å². The Morgan fingerprint density at radius 3 is 3.00 bits per heavy atom. The second-order valence-electron chi connectivity index (χ2n) is 5.17. The number of carbonyl (C=O) groups is 1. The number of thiazole rings is 1. The zero-order valence-electron chi connectivity index (χ0n) is 12.0. The van der Waals surface area contributed by atoms with E-state index in [0.29, 0.717) is 17.7 Å². The van der Waals surface area contributed by atoms with Gasteiger partial charge >= 0.3 is 6.03 Å². The lowest BCUT2D eigenvalue weighted by atomic mass is 10.3. The maximum absolute atomic E-state index is 12.3. The second kappa shape index (κ2) is 7.59. The largest absolute Gasteiger partial charge is 0.396 e. The summed E-state index contributed by atoms with van der Waals surface area (Å²) < 4.78 is 0. The van der Waals surface area contributed by atoms with Crippen LogP contribution in [0.5, 0.6) is 0 Å². The molecule has 0 bridgehead atoms. The molecule has 0 spiro atoms. The van der Waals surface area contributed by atoms with Gasteiger partial charge in [0.1, 0.15) is 0 Å². The number of nitrogens with zero attached hydrogens (tertiary/aromatic N) is 2. The standard InChI is InChI=1S/C14H23N3O2S/c1-2-5-12-10-15-13(20-12)16-14(19)17(11-6-7-11)8-3-4-9-18/h10-11,18H,2-9H2,1H3,(H,15,16,19). The first kappa shape index (κ1) is 15.3. The van der Waals surface area contributed by atoms with Crippen LogP contribution in [0, 0.1) is 0 Å². The van der Waals surface area contributed by atoms with Gasteiger partial charge in [-0.3, -0.25) is 5.32 Å². The van der Waals surface area contributed by atoms with Gasteiger partial charge < -0.3 is 10.0 Å². The highest BCUT2D eigenvalue weighted by atomic mass is 32.1. The Bertz CT molecular complexity index is 432. The minimum atomic E-state index is -0.0529. The monoisotopic (exact) mass is 297 g/mol. The van der Waals surface area contributed by atoms with Crippen LogP contribution in [0.1, 0.15) is 43.9 Å². The molecule has 1 aromatic heterocycles. The zero-order valence-corrected chi connectivity index (χ0v) is 12.8. The number of rotatable bonds is 8. The van der Waals surface area contributed by atoms with Crippen LogP contribution < -0.4 is 5.32 Å². The third kappa shape index (κ3) is 4.45. The molecule has 1 aliphatic carbocycles. The fourth-order valence-electron chi connectivity index (χ4n) is 2.12. The van der Waals surface area contributed by atoms with E-state index in [1.54, 1.807) is 11.3 Å². The number of aliphatic hydroxyl groups excluding tert-OH is 1. The van der Waals surface area contributed by atoms with Gasteiger partial charge in [0.15, 0.2) is 5.13 Å². The molecule has 1 heterocycles. The molecular weight excluding hydrogens is 274 g/mol. The van der Waals surface area contributed by atoms with Crippen molar-refractivity contribution >= 4 is 22.5 Å². The number of urea groups is 1. The highest BCUT2D eigenvalue weighted by Gasteiger charge is 2.32. The number of aryl methyl sites for hydroxylation is 1. The van der Waals surface area contributed by atoms with E-state index in [4.69, 9.17) is 5.11 Å². The maximum Gasteiger partial charge on any atom is 0.323 e. The van der Waals surface area contributed by atoms with Gasteiger partial charge in [-0.1, -0.05) is 13.3 Å². The van der Waals surface area contributed by atoms with Crippen molar-refractivity contribution in [1.29, 1.82) is 0 Å². The molecule has 1 saturated carbocycles. The molecule has 0 atom stereocenters. The van der Waals surface area contributed by atoms with Crippen molar-refractivity contribution in [3.8, 4) is 0 Å². The van der Waals surface area contributed by atoms with Crippen molar-refractivity contribution in [2.45, 2.75) is 51.5 Å². The van der Waals surface area contributed by atoms with Crippen molar-refractivity contribution in [2.75, 3.05) is 18.5 Å². The number of hydrogen-bond acceptors (Lipinski definition) is 4. The Kier molecular flexibility index (Phi) is 5.79. The third-order valence-corrected chi connectivity index (χ3v) is 4.29. The predicted octanol–water partition coefficient (Wildman–Crippen LogP) is 2.86. The van der Waals surface area contributed by atoms with E-state index < -0.39 is 0 Å². The van der Waals surface area contributed by atoms with Crippen molar-refractivity contribution in [3.63, 3.8) is 0 Å². The molecule has 1 fully saturated rings. The quantitative estimate of drug-likeness (QED) is 0.725. The molecule has 0 saturated heterocycles. The Morgan fingerprint density at radius 2 is 2.35 bits per heavy atom. The average Bonchev–Trinajstić information content (AvgIpc) is 3.17. The summed E-state index contributed by atoms with van der Waals surface area (Å²) in [6, 6.07) is 0.326. The molecule has 112 valence electrons. The smallest absolute Gasteiger partial charge is 0.323 e. The number of carbonyl (C=O) groups excluding carboxylic acids is 1. The summed E-state index contributed by atoms with van der Waals surface area (Å²) in [4.78, 5) is 19.6.